The van der Waals surface area contributed by atoms with Crippen LogP contribution < -0.4 is 5.32 Å². The molecular formula is C18H25ClN2O. The van der Waals surface area contributed by atoms with Gasteiger partial charge in [0.2, 0.25) is 0 Å². The lowest BCUT2D eigenvalue weighted by Crippen LogP contribution is -2.38. The van der Waals surface area contributed by atoms with Gasteiger partial charge in [0.25, 0.3) is 0 Å². The fraction of sp³-hybridized carbons (Fsp3) is 0.556. The van der Waals surface area contributed by atoms with Gasteiger partial charge in [-0.15, -0.1) is 12.4 Å². The normalized spacial score (nSPS) is 21.3. The van der Waals surface area contributed by atoms with Crippen LogP contribution in [0.3, 0.4) is 0 Å². The van der Waals surface area contributed by atoms with E-state index in [1.807, 2.05) is 0 Å². The Balaban J connectivity index is 0.00000144. The summed E-state index contributed by atoms with van der Waals surface area (Å²) in [4.78, 5) is 2.63. The number of aryl methyl sites for hydroxylation is 1. The molecule has 2 saturated heterocycles. The Bertz CT molecular complexity index is 646. The molecule has 0 saturated carbocycles. The van der Waals surface area contributed by atoms with Crippen LogP contribution in [0.25, 0.3) is 11.0 Å². The largest absolute Gasteiger partial charge is 0.461 e. The Morgan fingerprint density at radius 3 is 2.77 bits per heavy atom. The second kappa shape index (κ2) is 6.23. The average molecular weight is 321 g/mol. The molecule has 1 N–H and O–H groups in total. The highest BCUT2D eigenvalue weighted by atomic mass is 35.5. The van der Waals surface area contributed by atoms with Gasteiger partial charge in [-0.3, -0.25) is 4.90 Å². The zero-order chi connectivity index (χ0) is 14.3. The van der Waals surface area contributed by atoms with Crippen LogP contribution in [0.5, 0.6) is 0 Å². The minimum Gasteiger partial charge on any atom is -0.461 e. The maximum Gasteiger partial charge on any atom is 0.134 e. The van der Waals surface area contributed by atoms with Crippen molar-refractivity contribution in [3.63, 3.8) is 0 Å². The summed E-state index contributed by atoms with van der Waals surface area (Å²) >= 11 is 0. The van der Waals surface area contributed by atoms with Crippen molar-refractivity contribution in [2.45, 2.75) is 32.7 Å². The van der Waals surface area contributed by atoms with Crippen LogP contribution in [0.1, 0.15) is 30.6 Å². The summed E-state index contributed by atoms with van der Waals surface area (Å²) in [5.74, 6) is 1.09. The van der Waals surface area contributed by atoms with Gasteiger partial charge in [-0.1, -0.05) is 18.2 Å². The minimum absolute atomic E-state index is 0. The van der Waals surface area contributed by atoms with Gasteiger partial charge in [0.05, 0.1) is 0 Å². The van der Waals surface area contributed by atoms with Crippen LogP contribution in [0, 0.1) is 12.3 Å². The number of hydrogen-bond acceptors (Lipinski definition) is 3. The predicted octanol–water partition coefficient (Wildman–Crippen LogP) is 3.74. The first-order valence-corrected chi connectivity index (χ1v) is 8.16. The number of benzene rings is 1. The van der Waals surface area contributed by atoms with E-state index < -0.39 is 0 Å². The highest BCUT2D eigenvalue weighted by molar-refractivity contribution is 5.85. The van der Waals surface area contributed by atoms with Crippen molar-refractivity contribution in [1.82, 2.24) is 10.2 Å². The third-order valence-electron chi connectivity index (χ3n) is 5.46. The molecule has 0 amide bonds. The van der Waals surface area contributed by atoms with E-state index in [0.29, 0.717) is 5.41 Å². The molecule has 0 unspecified atom stereocenters. The second-order valence-electron chi connectivity index (χ2n) is 6.84. The summed E-state index contributed by atoms with van der Waals surface area (Å²) < 4.78 is 5.91. The molecule has 0 aliphatic carbocycles. The molecule has 2 fully saturated rings. The van der Waals surface area contributed by atoms with E-state index in [4.69, 9.17) is 4.42 Å². The molecule has 1 spiro atoms. The van der Waals surface area contributed by atoms with E-state index in [1.165, 1.54) is 56.4 Å². The van der Waals surface area contributed by atoms with Crippen molar-refractivity contribution in [2.75, 3.05) is 26.2 Å². The molecule has 3 nitrogen and oxygen atoms in total. The summed E-state index contributed by atoms with van der Waals surface area (Å²) in [5, 5.41) is 4.79. The van der Waals surface area contributed by atoms with Crippen LogP contribution in [0.2, 0.25) is 0 Å². The molecular weight excluding hydrogens is 296 g/mol. The van der Waals surface area contributed by atoms with Crippen molar-refractivity contribution in [3.05, 3.63) is 35.6 Å². The zero-order valence-electron chi connectivity index (χ0n) is 13.2. The molecule has 1 aromatic carbocycles. The number of halogens is 1. The number of furan rings is 1. The Morgan fingerprint density at radius 1 is 1.18 bits per heavy atom. The van der Waals surface area contributed by atoms with Gasteiger partial charge in [0.15, 0.2) is 0 Å². The highest BCUT2D eigenvalue weighted by Gasteiger charge is 2.38. The number of rotatable bonds is 2. The molecule has 2 aromatic rings. The molecule has 3 heterocycles. The van der Waals surface area contributed by atoms with Crippen LogP contribution in [0.4, 0.5) is 0 Å². The standard InChI is InChI=1S/C18H24N2O.ClH/c1-14-16(15-4-2-3-5-17(15)21-14)12-20-11-8-18(13-20)6-9-19-10-7-18;/h2-5,19H,6-13H2,1H3;1H. The number of para-hydroxylation sites is 1. The summed E-state index contributed by atoms with van der Waals surface area (Å²) in [6.07, 6.45) is 4.05. The first kappa shape index (κ1) is 15.9. The second-order valence-corrected chi connectivity index (χ2v) is 6.84. The number of likely N-dealkylation sites (tertiary alicyclic amines) is 1. The van der Waals surface area contributed by atoms with Crippen molar-refractivity contribution in [2.24, 2.45) is 5.41 Å². The smallest absolute Gasteiger partial charge is 0.134 e. The first-order valence-electron chi connectivity index (χ1n) is 8.16. The third-order valence-corrected chi connectivity index (χ3v) is 5.46. The molecule has 1 aromatic heterocycles. The number of fused-ring (bicyclic) bond motifs is 1. The lowest BCUT2D eigenvalue weighted by molar-refractivity contribution is 0.194. The molecule has 0 bridgehead atoms. The van der Waals surface area contributed by atoms with Crippen LogP contribution in [0.15, 0.2) is 28.7 Å². The number of hydrogen-bond donors (Lipinski definition) is 1. The fourth-order valence-electron chi connectivity index (χ4n) is 4.17. The quantitative estimate of drug-likeness (QED) is 0.913. The van der Waals surface area contributed by atoms with Gasteiger partial charge in [-0.25, -0.2) is 0 Å². The lowest BCUT2D eigenvalue weighted by Gasteiger charge is -2.33. The van der Waals surface area contributed by atoms with E-state index in [0.717, 1.165) is 17.9 Å². The van der Waals surface area contributed by atoms with Crippen molar-refractivity contribution in [1.29, 1.82) is 0 Å². The molecule has 120 valence electrons. The van der Waals surface area contributed by atoms with Gasteiger partial charge < -0.3 is 9.73 Å². The number of nitrogens with one attached hydrogen (secondary N) is 1. The predicted molar refractivity (Wildman–Crippen MR) is 92.6 cm³/mol. The molecule has 2 aliphatic heterocycles. The molecule has 2 aliphatic rings. The third kappa shape index (κ3) is 2.78. The van der Waals surface area contributed by atoms with Gasteiger partial charge in [-0.05, 0) is 57.3 Å². The minimum atomic E-state index is 0. The Hall–Kier alpha value is -1.03. The molecule has 4 heteroatoms. The summed E-state index contributed by atoms with van der Waals surface area (Å²) in [6.45, 7) is 8.03. The summed E-state index contributed by atoms with van der Waals surface area (Å²) in [7, 11) is 0. The van der Waals surface area contributed by atoms with Crippen molar-refractivity contribution in [3.8, 4) is 0 Å². The van der Waals surface area contributed by atoms with Gasteiger partial charge >= 0.3 is 0 Å². The molecule has 0 radical (unpaired) electrons. The van der Waals surface area contributed by atoms with E-state index in [2.05, 4.69) is 41.4 Å². The van der Waals surface area contributed by atoms with Gasteiger partial charge in [0.1, 0.15) is 11.3 Å². The van der Waals surface area contributed by atoms with Crippen LogP contribution >= 0.6 is 12.4 Å². The zero-order valence-corrected chi connectivity index (χ0v) is 14.0. The molecule has 0 atom stereocenters. The number of nitrogens with zero attached hydrogens (tertiary/aromatic N) is 1. The van der Waals surface area contributed by atoms with Crippen molar-refractivity contribution < 1.29 is 4.42 Å². The van der Waals surface area contributed by atoms with E-state index >= 15 is 0 Å². The summed E-state index contributed by atoms with van der Waals surface area (Å²) in [6, 6.07) is 8.43. The first-order chi connectivity index (χ1) is 10.3. The fourth-order valence-corrected chi connectivity index (χ4v) is 4.17. The monoisotopic (exact) mass is 320 g/mol. The Morgan fingerprint density at radius 2 is 1.95 bits per heavy atom. The van der Waals surface area contributed by atoms with E-state index in [9.17, 15) is 0 Å². The van der Waals surface area contributed by atoms with Crippen molar-refractivity contribution >= 4 is 23.4 Å². The average Bonchev–Trinajstić information content (AvgIpc) is 3.03. The van der Waals surface area contributed by atoms with Gasteiger partial charge in [-0.2, -0.15) is 0 Å². The van der Waals surface area contributed by atoms with Crippen LogP contribution in [-0.2, 0) is 6.54 Å². The maximum absolute atomic E-state index is 5.91. The molecule has 4 rings (SSSR count). The maximum atomic E-state index is 5.91. The summed E-state index contributed by atoms with van der Waals surface area (Å²) in [5.41, 5.74) is 3.00. The molecule has 22 heavy (non-hydrogen) atoms. The van der Waals surface area contributed by atoms with E-state index in [1.54, 1.807) is 0 Å². The topological polar surface area (TPSA) is 28.4 Å². The Kier molecular flexibility index (Phi) is 4.49. The lowest BCUT2D eigenvalue weighted by atomic mass is 9.78. The van der Waals surface area contributed by atoms with Gasteiger partial charge in [0, 0.05) is 24.0 Å². The SMILES string of the molecule is Cc1oc2ccccc2c1CN1CCC2(CCNCC2)C1.Cl. The van der Waals surface area contributed by atoms with Crippen LogP contribution in [-0.4, -0.2) is 31.1 Å². The van der Waals surface area contributed by atoms with E-state index in [-0.39, 0.29) is 12.4 Å². The Labute approximate surface area is 138 Å². The number of piperidine rings is 1. The highest BCUT2D eigenvalue weighted by Crippen LogP contribution is 2.39.